The molecule has 2 aromatic carbocycles. The number of hydrogen-bond acceptors (Lipinski definition) is 9. The molecule has 0 aliphatic carbocycles. The molecule has 48 heavy (non-hydrogen) atoms. The van der Waals surface area contributed by atoms with E-state index in [0.717, 1.165) is 77.8 Å². The van der Waals surface area contributed by atoms with Gasteiger partial charge in [0.2, 0.25) is 11.8 Å². The Kier molecular flexibility index (Phi) is 7.89. The number of carbonyl (C=O) groups is 5. The van der Waals surface area contributed by atoms with Crippen LogP contribution in [0.2, 0.25) is 0 Å². The van der Waals surface area contributed by atoms with Gasteiger partial charge in [-0.15, -0.1) is 0 Å². The van der Waals surface area contributed by atoms with Gasteiger partial charge < -0.3 is 24.2 Å². The largest absolute Gasteiger partial charge is 0.496 e. The van der Waals surface area contributed by atoms with Gasteiger partial charge in [0.1, 0.15) is 17.5 Å². The second-order valence-corrected chi connectivity index (χ2v) is 13.6. The fraction of sp³-hybridized carbons (Fsp3) is 0.457. The molecule has 0 saturated carbocycles. The van der Waals surface area contributed by atoms with Gasteiger partial charge in [-0.25, -0.2) is 4.79 Å². The fourth-order valence-corrected chi connectivity index (χ4v) is 7.74. The standard InChI is InChI=1S/C35H40N6O7/c1-37-16-22(17-38(2)34(37)46)21-13-28(47-3)26(29(14-21)48-4)18-39-11-9-35(10-12-39)19-40(20-35)23-5-6-24-25(15-23)33(45)41(32(24)44)27-7-8-30(42)36-31(27)43/h5-6,13-16,27H,7-12,17-20H2,1-4H3,(H,36,42,43). The van der Waals surface area contributed by atoms with Gasteiger partial charge in [-0.3, -0.25) is 34.3 Å². The quantitative estimate of drug-likeness (QED) is 0.447. The van der Waals surface area contributed by atoms with Crippen molar-refractivity contribution >= 4 is 40.9 Å². The van der Waals surface area contributed by atoms with Gasteiger partial charge in [-0.1, -0.05) is 0 Å². The van der Waals surface area contributed by atoms with Crippen LogP contribution in [0.25, 0.3) is 5.57 Å². The van der Waals surface area contributed by atoms with E-state index in [1.54, 1.807) is 50.2 Å². The number of likely N-dealkylation sites (N-methyl/N-ethyl adjacent to an activating group) is 1. The molecule has 5 aliphatic heterocycles. The van der Waals surface area contributed by atoms with Crippen LogP contribution < -0.4 is 19.7 Å². The van der Waals surface area contributed by atoms with Crippen LogP contribution in [-0.4, -0.2) is 116 Å². The number of piperidine rings is 2. The number of carbonyl (C=O) groups excluding carboxylic acids is 5. The second kappa shape index (κ2) is 12.0. The predicted molar refractivity (Wildman–Crippen MR) is 176 cm³/mol. The zero-order valence-corrected chi connectivity index (χ0v) is 27.7. The Bertz CT molecular complexity index is 1730. The Balaban J connectivity index is 0.988. The van der Waals surface area contributed by atoms with E-state index < -0.39 is 29.7 Å². The lowest BCUT2D eigenvalue weighted by Gasteiger charge is -2.55. The number of anilines is 1. The highest BCUT2D eigenvalue weighted by Gasteiger charge is 2.47. The van der Waals surface area contributed by atoms with Crippen molar-refractivity contribution in [3.05, 3.63) is 58.8 Å². The second-order valence-electron chi connectivity index (χ2n) is 13.6. The number of likely N-dealkylation sites (tertiary alicyclic amines) is 1. The number of urea groups is 1. The molecule has 1 N–H and O–H groups in total. The molecule has 5 aliphatic rings. The molecule has 0 bridgehead atoms. The Morgan fingerprint density at radius 3 is 2.19 bits per heavy atom. The molecule has 13 nitrogen and oxygen atoms in total. The number of hydrogen-bond donors (Lipinski definition) is 1. The van der Waals surface area contributed by atoms with Gasteiger partial charge in [0.05, 0.1) is 30.9 Å². The minimum Gasteiger partial charge on any atom is -0.496 e. The highest BCUT2D eigenvalue weighted by Crippen LogP contribution is 2.44. The topological polar surface area (TPSA) is 132 Å². The first-order valence-corrected chi connectivity index (χ1v) is 16.3. The minimum atomic E-state index is -0.973. The van der Waals surface area contributed by atoms with Gasteiger partial charge in [0, 0.05) is 64.0 Å². The molecule has 7 rings (SSSR count). The van der Waals surface area contributed by atoms with Gasteiger partial charge in [-0.2, -0.15) is 0 Å². The van der Waals surface area contributed by atoms with Gasteiger partial charge >= 0.3 is 6.03 Å². The maximum atomic E-state index is 13.3. The summed E-state index contributed by atoms with van der Waals surface area (Å²) in [5.41, 5.74) is 4.61. The summed E-state index contributed by atoms with van der Waals surface area (Å²) >= 11 is 0. The lowest BCUT2D eigenvalue weighted by Crippen LogP contribution is -2.60. The number of amides is 6. The van der Waals surface area contributed by atoms with E-state index >= 15 is 0 Å². The summed E-state index contributed by atoms with van der Waals surface area (Å²) in [5, 5.41) is 2.24. The van der Waals surface area contributed by atoms with Crippen molar-refractivity contribution in [1.29, 1.82) is 0 Å². The lowest BCUT2D eigenvalue weighted by atomic mass is 9.71. The predicted octanol–water partition coefficient (Wildman–Crippen LogP) is 2.55. The molecule has 6 amide bonds. The third-order valence-electron chi connectivity index (χ3n) is 10.5. The van der Waals surface area contributed by atoms with Crippen molar-refractivity contribution in [3.8, 4) is 11.5 Å². The summed E-state index contributed by atoms with van der Waals surface area (Å²) in [6, 6.07) is 8.34. The lowest BCUT2D eigenvalue weighted by molar-refractivity contribution is -0.136. The van der Waals surface area contributed by atoms with Gasteiger partial charge in [0.15, 0.2) is 0 Å². The molecule has 1 atom stereocenters. The van der Waals surface area contributed by atoms with Gasteiger partial charge in [0.25, 0.3) is 11.8 Å². The summed E-state index contributed by atoms with van der Waals surface area (Å²) in [4.78, 5) is 71.6. The minimum absolute atomic E-state index is 0.0519. The molecule has 0 radical (unpaired) electrons. The molecule has 1 unspecified atom stereocenters. The first-order valence-electron chi connectivity index (χ1n) is 16.3. The molecule has 1 spiro atoms. The molecule has 13 heteroatoms. The smallest absolute Gasteiger partial charge is 0.323 e. The van der Waals surface area contributed by atoms with Crippen molar-refractivity contribution in [2.45, 2.75) is 38.3 Å². The zero-order valence-electron chi connectivity index (χ0n) is 27.7. The fourth-order valence-electron chi connectivity index (χ4n) is 7.74. The van der Waals surface area contributed by atoms with Crippen LogP contribution in [-0.2, 0) is 16.1 Å². The van der Waals surface area contributed by atoms with Crippen molar-refractivity contribution in [1.82, 2.24) is 24.9 Å². The maximum Gasteiger partial charge on any atom is 0.323 e. The zero-order chi connectivity index (χ0) is 33.9. The average Bonchev–Trinajstić information content (AvgIpc) is 3.31. The number of ether oxygens (including phenoxy) is 2. The van der Waals surface area contributed by atoms with Crippen LogP contribution >= 0.6 is 0 Å². The number of methoxy groups -OCH3 is 2. The summed E-state index contributed by atoms with van der Waals surface area (Å²) in [7, 11) is 6.87. The third kappa shape index (κ3) is 5.35. The summed E-state index contributed by atoms with van der Waals surface area (Å²) in [6.45, 7) is 4.75. The monoisotopic (exact) mass is 656 g/mol. The maximum absolute atomic E-state index is 13.3. The first-order chi connectivity index (χ1) is 23.0. The average molecular weight is 657 g/mol. The number of fused-ring (bicyclic) bond motifs is 1. The van der Waals surface area contributed by atoms with Crippen molar-refractivity contribution in [3.63, 3.8) is 0 Å². The van der Waals surface area contributed by atoms with E-state index in [1.807, 2.05) is 24.4 Å². The van der Waals surface area contributed by atoms with E-state index in [4.69, 9.17) is 9.47 Å². The third-order valence-corrected chi connectivity index (χ3v) is 10.5. The number of nitrogens with zero attached hydrogens (tertiary/aromatic N) is 5. The number of imide groups is 2. The van der Waals surface area contributed by atoms with Crippen LogP contribution in [0.15, 0.2) is 36.5 Å². The first kappa shape index (κ1) is 31.7. The normalized spacial score (nSPS) is 22.5. The van der Waals surface area contributed by atoms with E-state index in [-0.39, 0.29) is 24.3 Å². The Morgan fingerprint density at radius 2 is 1.56 bits per heavy atom. The van der Waals surface area contributed by atoms with Crippen LogP contribution in [0.4, 0.5) is 10.5 Å². The van der Waals surface area contributed by atoms with Crippen molar-refractivity contribution < 1.29 is 33.4 Å². The molecule has 2 aromatic rings. The summed E-state index contributed by atoms with van der Waals surface area (Å²) in [6.07, 6.45) is 4.14. The van der Waals surface area contributed by atoms with E-state index in [2.05, 4.69) is 15.1 Å². The van der Waals surface area contributed by atoms with Crippen molar-refractivity contribution in [2.24, 2.45) is 5.41 Å². The van der Waals surface area contributed by atoms with E-state index in [0.29, 0.717) is 24.2 Å². The van der Waals surface area contributed by atoms with Gasteiger partial charge in [-0.05, 0) is 73.8 Å². The highest BCUT2D eigenvalue weighted by atomic mass is 16.5. The Labute approximate surface area is 279 Å². The Morgan fingerprint density at radius 1 is 0.896 bits per heavy atom. The van der Waals surface area contributed by atoms with Crippen LogP contribution in [0.1, 0.15) is 57.5 Å². The number of rotatable bonds is 7. The van der Waals surface area contributed by atoms with Crippen LogP contribution in [0.3, 0.4) is 0 Å². The molecular formula is C35H40N6O7. The summed E-state index contributed by atoms with van der Waals surface area (Å²) in [5.74, 6) is -0.473. The molecule has 3 fully saturated rings. The SMILES string of the molecule is COc1cc(C2=CN(C)C(=O)N(C)C2)cc(OC)c1CN1CCC2(CC1)CN(c1ccc3c(c1)C(=O)N(C1CCC(=O)NC1=O)C3=O)C2. The molecule has 252 valence electrons. The van der Waals surface area contributed by atoms with Crippen LogP contribution in [0.5, 0.6) is 11.5 Å². The van der Waals surface area contributed by atoms with Crippen molar-refractivity contribution in [2.75, 3.05) is 65.9 Å². The molecule has 3 saturated heterocycles. The highest BCUT2D eigenvalue weighted by molar-refractivity contribution is 6.23. The molecule has 5 heterocycles. The number of benzene rings is 2. The molecule has 0 aromatic heterocycles. The van der Waals surface area contributed by atoms with E-state index in [9.17, 15) is 24.0 Å². The van der Waals surface area contributed by atoms with E-state index in [1.165, 1.54) is 0 Å². The molecular weight excluding hydrogens is 616 g/mol. The summed E-state index contributed by atoms with van der Waals surface area (Å²) < 4.78 is 11.7. The van der Waals surface area contributed by atoms with Crippen LogP contribution in [0, 0.1) is 5.41 Å². The number of nitrogens with one attached hydrogen (secondary N) is 1. The Hall–Kier alpha value is -4.91.